The van der Waals surface area contributed by atoms with E-state index in [0.29, 0.717) is 35.6 Å². The van der Waals surface area contributed by atoms with E-state index >= 15 is 0 Å². The van der Waals surface area contributed by atoms with Gasteiger partial charge in [-0.05, 0) is 43.1 Å². The van der Waals surface area contributed by atoms with E-state index in [1.165, 1.54) is 25.3 Å². The van der Waals surface area contributed by atoms with E-state index in [9.17, 15) is 14.9 Å². The number of nitro benzene ring substituents is 1. The molecule has 0 fully saturated rings. The summed E-state index contributed by atoms with van der Waals surface area (Å²) < 4.78 is 10.9. The number of ether oxygens (including phenoxy) is 1. The average molecular weight is 446 g/mol. The van der Waals surface area contributed by atoms with Gasteiger partial charge in [0.1, 0.15) is 17.2 Å². The molecule has 4 N–H and O–H groups in total. The molecule has 1 amide bonds. The van der Waals surface area contributed by atoms with Crippen LogP contribution >= 0.6 is 12.2 Å². The van der Waals surface area contributed by atoms with Crippen LogP contribution in [-0.4, -0.2) is 28.8 Å². The monoisotopic (exact) mass is 445 g/mol. The molecule has 2 aromatic rings. The second kappa shape index (κ2) is 8.34. The Morgan fingerprint density at radius 3 is 2.71 bits per heavy atom. The number of hydrogen-bond acceptors (Lipinski definition) is 7. The van der Waals surface area contributed by atoms with Crippen LogP contribution in [0.15, 0.2) is 27.7 Å². The number of rotatable bonds is 5. The van der Waals surface area contributed by atoms with Gasteiger partial charge in [-0.1, -0.05) is 13.8 Å². The number of benzene rings is 1. The van der Waals surface area contributed by atoms with Crippen molar-refractivity contribution >= 4 is 40.3 Å². The molecular weight excluding hydrogens is 422 g/mol. The highest BCUT2D eigenvalue weighted by Gasteiger charge is 2.36. The smallest absolute Gasteiger partial charge is 0.296 e. The van der Waals surface area contributed by atoms with Crippen molar-refractivity contribution < 1.29 is 18.9 Å². The summed E-state index contributed by atoms with van der Waals surface area (Å²) in [6.45, 7) is 5.86. The largest absolute Gasteiger partial charge is 0.496 e. The summed E-state index contributed by atoms with van der Waals surface area (Å²) in [4.78, 5) is 23.8. The van der Waals surface area contributed by atoms with Crippen LogP contribution in [0.1, 0.15) is 47.7 Å². The molecule has 0 bridgehead atoms. The van der Waals surface area contributed by atoms with E-state index in [1.54, 1.807) is 6.92 Å². The minimum atomic E-state index is -0.598. The average Bonchev–Trinajstić information content (AvgIpc) is 3.01. The van der Waals surface area contributed by atoms with Crippen LogP contribution in [0, 0.1) is 22.5 Å². The summed E-state index contributed by atoms with van der Waals surface area (Å²) in [5, 5.41) is 18.3. The Kier molecular flexibility index (Phi) is 5.98. The van der Waals surface area contributed by atoms with Gasteiger partial charge in [0.05, 0.1) is 23.8 Å². The molecule has 164 valence electrons. The molecular formula is C20H23N5O5S. The summed E-state index contributed by atoms with van der Waals surface area (Å²) >= 11 is 4.83. The minimum Gasteiger partial charge on any atom is -0.496 e. The van der Waals surface area contributed by atoms with Gasteiger partial charge in [-0.15, -0.1) is 0 Å². The number of carbonyl (C=O) groups is 1. The minimum absolute atomic E-state index is 0.0309. The number of carbonyl (C=O) groups excluding carboxylic acids is 1. The van der Waals surface area contributed by atoms with Crippen LogP contribution in [0.2, 0.25) is 0 Å². The molecule has 10 nitrogen and oxygen atoms in total. The Labute approximate surface area is 184 Å². The number of anilines is 1. The highest BCUT2D eigenvalue weighted by molar-refractivity contribution is 7.80. The molecule has 0 atom stereocenters. The number of nitrogens with one attached hydrogen (secondary N) is 2. The Balaban J connectivity index is 1.99. The third-order valence-corrected chi connectivity index (χ3v) is 5.04. The fraction of sp³-hybridized carbons (Fsp3) is 0.350. The van der Waals surface area contributed by atoms with Crippen LogP contribution in [0.25, 0.3) is 0 Å². The van der Waals surface area contributed by atoms with Crippen molar-refractivity contribution in [1.29, 1.82) is 0 Å². The lowest BCUT2D eigenvalue weighted by Gasteiger charge is -2.29. The Hall–Kier alpha value is -3.47. The summed E-state index contributed by atoms with van der Waals surface area (Å²) in [5.41, 5.74) is 9.67. The van der Waals surface area contributed by atoms with Gasteiger partial charge in [-0.25, -0.2) is 0 Å². The van der Waals surface area contributed by atoms with Crippen molar-refractivity contribution in [3.63, 3.8) is 0 Å². The number of nitrogens with zero attached hydrogens (tertiary/aromatic N) is 2. The lowest BCUT2D eigenvalue weighted by atomic mass is 9.75. The number of hydrogen-bond donors (Lipinski definition) is 3. The zero-order chi connectivity index (χ0) is 22.9. The first kappa shape index (κ1) is 22.2. The second-order valence-electron chi connectivity index (χ2n) is 8.00. The fourth-order valence-electron chi connectivity index (χ4n) is 3.62. The lowest BCUT2D eigenvalue weighted by Crippen LogP contribution is -2.31. The quantitative estimate of drug-likeness (QED) is 0.361. The van der Waals surface area contributed by atoms with Gasteiger partial charge < -0.3 is 20.2 Å². The predicted molar refractivity (Wildman–Crippen MR) is 120 cm³/mol. The molecule has 0 aliphatic heterocycles. The molecule has 0 unspecified atom stereocenters. The molecule has 0 saturated carbocycles. The maximum absolute atomic E-state index is 13.0. The maximum atomic E-state index is 13.0. The number of nitro groups is 1. The maximum Gasteiger partial charge on any atom is 0.296 e. The first-order chi connectivity index (χ1) is 14.5. The van der Waals surface area contributed by atoms with Gasteiger partial charge in [0.15, 0.2) is 10.9 Å². The molecule has 1 aromatic carbocycles. The lowest BCUT2D eigenvalue weighted by molar-refractivity contribution is -0.384. The highest BCUT2D eigenvalue weighted by Crippen LogP contribution is 2.39. The molecule has 31 heavy (non-hydrogen) atoms. The van der Waals surface area contributed by atoms with Crippen molar-refractivity contribution in [1.82, 2.24) is 5.43 Å². The summed E-state index contributed by atoms with van der Waals surface area (Å²) in [5.74, 6) is 0.393. The summed E-state index contributed by atoms with van der Waals surface area (Å²) in [6, 6.07) is 4.18. The van der Waals surface area contributed by atoms with Gasteiger partial charge in [0, 0.05) is 17.5 Å². The van der Waals surface area contributed by atoms with E-state index < -0.39 is 10.8 Å². The van der Waals surface area contributed by atoms with Gasteiger partial charge in [0.2, 0.25) is 0 Å². The number of hydrazone groups is 1. The molecule has 0 radical (unpaired) electrons. The number of furan rings is 1. The van der Waals surface area contributed by atoms with Crippen molar-refractivity contribution in [2.75, 3.05) is 12.4 Å². The molecule has 0 spiro atoms. The zero-order valence-corrected chi connectivity index (χ0v) is 18.4. The first-order valence-corrected chi connectivity index (χ1v) is 9.81. The normalized spacial score (nSPS) is 15.8. The van der Waals surface area contributed by atoms with E-state index in [4.69, 9.17) is 27.1 Å². The van der Waals surface area contributed by atoms with Crippen LogP contribution in [0.4, 0.5) is 11.4 Å². The van der Waals surface area contributed by atoms with E-state index in [-0.39, 0.29) is 27.7 Å². The molecule has 1 aromatic heterocycles. The number of nitrogens with two attached hydrogens (primary N) is 1. The standard InChI is InChI=1S/C20H23N5O5S/c1-10-16-13(23-24-19(21)31)8-20(2,3)9-15(16)30-17(10)18(26)22-12-6-5-11(29-4)7-14(12)25(27)28/h5-7H,8-9H2,1-4H3,(H,22,26)(H3,21,24,31)/b23-13-. The van der Waals surface area contributed by atoms with E-state index in [0.717, 1.165) is 5.56 Å². The Morgan fingerprint density at radius 1 is 1.39 bits per heavy atom. The van der Waals surface area contributed by atoms with Crippen molar-refractivity contribution in [3.8, 4) is 5.75 Å². The third kappa shape index (κ3) is 4.66. The van der Waals surface area contributed by atoms with Crippen LogP contribution in [0.5, 0.6) is 5.75 Å². The zero-order valence-electron chi connectivity index (χ0n) is 17.6. The Bertz CT molecular complexity index is 1110. The second-order valence-corrected chi connectivity index (χ2v) is 8.44. The van der Waals surface area contributed by atoms with Crippen molar-refractivity contribution in [2.45, 2.75) is 33.6 Å². The number of fused-ring (bicyclic) bond motifs is 1. The van der Waals surface area contributed by atoms with Crippen molar-refractivity contribution in [2.24, 2.45) is 16.3 Å². The van der Waals surface area contributed by atoms with Crippen molar-refractivity contribution in [3.05, 3.63) is 51.0 Å². The van der Waals surface area contributed by atoms with Gasteiger partial charge in [-0.3, -0.25) is 20.3 Å². The molecule has 3 rings (SSSR count). The first-order valence-electron chi connectivity index (χ1n) is 9.41. The Morgan fingerprint density at radius 2 is 2.10 bits per heavy atom. The van der Waals surface area contributed by atoms with Gasteiger partial charge in [-0.2, -0.15) is 5.10 Å². The SMILES string of the molecule is COc1ccc(NC(=O)c2oc3c(c2C)/C(=N\NC(N)=S)CC(C)(C)C3)c([N+](=O)[O-])c1. The summed E-state index contributed by atoms with van der Waals surface area (Å²) in [7, 11) is 1.40. The van der Waals surface area contributed by atoms with Gasteiger partial charge >= 0.3 is 0 Å². The van der Waals surface area contributed by atoms with Crippen LogP contribution < -0.4 is 21.2 Å². The molecule has 1 aliphatic carbocycles. The topological polar surface area (TPSA) is 145 Å². The molecule has 11 heteroatoms. The molecule has 1 aliphatic rings. The molecule has 0 saturated heterocycles. The number of thiocarbonyl (C=S) groups is 1. The third-order valence-electron chi connectivity index (χ3n) is 4.95. The molecule has 1 heterocycles. The summed E-state index contributed by atoms with van der Waals surface area (Å²) in [6.07, 6.45) is 1.23. The highest BCUT2D eigenvalue weighted by atomic mass is 32.1. The predicted octanol–water partition coefficient (Wildman–Crippen LogP) is 3.27. The van der Waals surface area contributed by atoms with Crippen LogP contribution in [-0.2, 0) is 6.42 Å². The van der Waals surface area contributed by atoms with E-state index in [2.05, 4.69) is 29.7 Å². The van der Waals surface area contributed by atoms with Gasteiger partial charge in [0.25, 0.3) is 11.6 Å². The van der Waals surface area contributed by atoms with E-state index in [1.807, 2.05) is 0 Å². The number of methoxy groups -OCH3 is 1. The fourth-order valence-corrected chi connectivity index (χ4v) is 3.67. The van der Waals surface area contributed by atoms with Crippen LogP contribution in [0.3, 0.4) is 0 Å². The number of amides is 1.